The number of rotatable bonds is 3. The topological polar surface area (TPSA) is 48.6 Å². The van der Waals surface area contributed by atoms with Crippen molar-refractivity contribution in [1.29, 1.82) is 0 Å². The Morgan fingerprint density at radius 2 is 1.79 bits per heavy atom. The van der Waals surface area contributed by atoms with Gasteiger partial charge in [-0.3, -0.25) is 4.79 Å². The van der Waals surface area contributed by atoms with Crippen molar-refractivity contribution in [3.05, 3.63) is 59.8 Å². The van der Waals surface area contributed by atoms with Crippen LogP contribution in [0.15, 0.2) is 48.5 Å². The third-order valence-electron chi connectivity index (χ3n) is 5.17. The van der Waals surface area contributed by atoms with Gasteiger partial charge in [0, 0.05) is 48.8 Å². The molecule has 1 aromatic heterocycles. The van der Waals surface area contributed by atoms with E-state index in [2.05, 4.69) is 4.98 Å². The number of aromatic amines is 1. The number of halogens is 3. The monoisotopic (exact) mass is 403 g/mol. The second-order valence-electron chi connectivity index (χ2n) is 6.96. The lowest BCUT2D eigenvalue weighted by Gasteiger charge is -2.36. The second kappa shape index (κ2) is 7.35. The number of alkyl halides is 3. The number of aromatic nitrogens is 1. The number of anilines is 1. The molecule has 1 aliphatic heterocycles. The zero-order valence-corrected chi connectivity index (χ0v) is 15.8. The average molecular weight is 403 g/mol. The predicted molar refractivity (Wildman–Crippen MR) is 104 cm³/mol. The van der Waals surface area contributed by atoms with Gasteiger partial charge in [-0.2, -0.15) is 13.2 Å². The highest BCUT2D eigenvalue weighted by atomic mass is 19.4. The summed E-state index contributed by atoms with van der Waals surface area (Å²) < 4.78 is 44.0. The molecule has 1 saturated heterocycles. The van der Waals surface area contributed by atoms with E-state index in [0.717, 1.165) is 23.0 Å². The van der Waals surface area contributed by atoms with Crippen molar-refractivity contribution in [2.45, 2.75) is 6.18 Å². The number of amides is 1. The summed E-state index contributed by atoms with van der Waals surface area (Å²) in [6.45, 7) is 1.82. The summed E-state index contributed by atoms with van der Waals surface area (Å²) in [5, 5.41) is 0.914. The van der Waals surface area contributed by atoms with Crippen LogP contribution >= 0.6 is 0 Å². The Labute approximate surface area is 165 Å². The zero-order chi connectivity index (χ0) is 20.6. The molecule has 2 heterocycles. The van der Waals surface area contributed by atoms with Gasteiger partial charge in [0.15, 0.2) is 0 Å². The van der Waals surface area contributed by atoms with E-state index in [-0.39, 0.29) is 5.91 Å². The minimum Gasteiger partial charge on any atom is -0.497 e. The fourth-order valence-corrected chi connectivity index (χ4v) is 3.57. The Morgan fingerprint density at radius 1 is 1.03 bits per heavy atom. The van der Waals surface area contributed by atoms with Crippen LogP contribution in [-0.4, -0.2) is 49.1 Å². The lowest BCUT2D eigenvalue weighted by molar-refractivity contribution is -0.137. The van der Waals surface area contributed by atoms with Crippen molar-refractivity contribution in [3.63, 3.8) is 0 Å². The Hall–Kier alpha value is -3.16. The van der Waals surface area contributed by atoms with Crippen molar-refractivity contribution in [3.8, 4) is 5.75 Å². The molecule has 1 fully saturated rings. The van der Waals surface area contributed by atoms with Crippen LogP contribution in [-0.2, 0) is 6.18 Å². The van der Waals surface area contributed by atoms with E-state index < -0.39 is 11.7 Å². The van der Waals surface area contributed by atoms with E-state index in [1.54, 1.807) is 24.1 Å². The van der Waals surface area contributed by atoms with Crippen molar-refractivity contribution >= 4 is 22.5 Å². The van der Waals surface area contributed by atoms with Crippen molar-refractivity contribution in [2.75, 3.05) is 38.2 Å². The van der Waals surface area contributed by atoms with Crippen LogP contribution in [0.2, 0.25) is 0 Å². The van der Waals surface area contributed by atoms with Crippen molar-refractivity contribution in [2.24, 2.45) is 0 Å². The molecule has 4 rings (SSSR count). The standard InChI is InChI=1S/C21H20F3N3O2/c1-29-17-6-5-14-11-19(25-18(14)13-17)20(28)27-9-7-26(8-10-27)16-4-2-3-15(12-16)21(22,23)24/h2-6,11-13,25H,7-10H2,1H3. The first-order valence-corrected chi connectivity index (χ1v) is 9.23. The number of fused-ring (bicyclic) bond motifs is 1. The summed E-state index contributed by atoms with van der Waals surface area (Å²) in [5.41, 5.74) is 1.16. The predicted octanol–water partition coefficient (Wildman–Crippen LogP) is 4.16. The normalized spacial score (nSPS) is 15.0. The number of carbonyl (C=O) groups excluding carboxylic acids is 1. The summed E-state index contributed by atoms with van der Waals surface area (Å²) in [6.07, 6.45) is -4.37. The molecule has 29 heavy (non-hydrogen) atoms. The SMILES string of the molecule is COc1ccc2cc(C(=O)N3CCN(c4cccc(C(F)(F)F)c4)CC3)[nH]c2c1. The number of hydrogen-bond acceptors (Lipinski definition) is 3. The van der Waals surface area contributed by atoms with Gasteiger partial charge >= 0.3 is 6.18 Å². The molecule has 1 N–H and O–H groups in total. The molecule has 0 saturated carbocycles. The smallest absolute Gasteiger partial charge is 0.416 e. The Kier molecular flexibility index (Phi) is 4.86. The van der Waals surface area contributed by atoms with Gasteiger partial charge in [-0.05, 0) is 36.4 Å². The molecule has 0 atom stereocenters. The number of piperazine rings is 1. The molecule has 152 valence electrons. The van der Waals surface area contributed by atoms with Crippen LogP contribution in [0, 0.1) is 0 Å². The third-order valence-corrected chi connectivity index (χ3v) is 5.17. The Morgan fingerprint density at radius 3 is 2.48 bits per heavy atom. The van der Waals surface area contributed by atoms with Crippen molar-refractivity contribution < 1.29 is 22.7 Å². The molecule has 0 spiro atoms. The van der Waals surface area contributed by atoms with Crippen LogP contribution in [0.25, 0.3) is 10.9 Å². The van der Waals surface area contributed by atoms with E-state index in [1.807, 2.05) is 23.1 Å². The minimum atomic E-state index is -4.37. The Bertz CT molecular complexity index is 1040. The van der Waals surface area contributed by atoms with E-state index in [9.17, 15) is 18.0 Å². The largest absolute Gasteiger partial charge is 0.497 e. The summed E-state index contributed by atoms with van der Waals surface area (Å²) in [6, 6.07) is 12.6. The fraction of sp³-hybridized carbons (Fsp3) is 0.286. The van der Waals surface area contributed by atoms with Gasteiger partial charge in [-0.1, -0.05) is 6.07 Å². The molecule has 3 aromatic rings. The maximum absolute atomic E-state index is 12.9. The molecule has 5 nitrogen and oxygen atoms in total. The number of benzene rings is 2. The maximum Gasteiger partial charge on any atom is 0.416 e. The van der Waals surface area contributed by atoms with Gasteiger partial charge in [-0.25, -0.2) is 0 Å². The highest BCUT2D eigenvalue weighted by molar-refractivity contribution is 5.98. The first-order valence-electron chi connectivity index (χ1n) is 9.23. The summed E-state index contributed by atoms with van der Waals surface area (Å²) >= 11 is 0. The van der Waals surface area contributed by atoms with Gasteiger partial charge in [0.1, 0.15) is 11.4 Å². The van der Waals surface area contributed by atoms with E-state index in [1.165, 1.54) is 6.07 Å². The minimum absolute atomic E-state index is 0.121. The highest BCUT2D eigenvalue weighted by Gasteiger charge is 2.31. The van der Waals surface area contributed by atoms with E-state index in [4.69, 9.17) is 4.74 Å². The highest BCUT2D eigenvalue weighted by Crippen LogP contribution is 2.32. The molecular formula is C21H20F3N3O2. The number of H-pyrrole nitrogens is 1. The number of nitrogens with zero attached hydrogens (tertiary/aromatic N) is 2. The first-order chi connectivity index (χ1) is 13.8. The lowest BCUT2D eigenvalue weighted by atomic mass is 10.1. The van der Waals surface area contributed by atoms with Crippen LogP contribution in [0.1, 0.15) is 16.1 Å². The second-order valence-corrected chi connectivity index (χ2v) is 6.96. The van der Waals surface area contributed by atoms with Gasteiger partial charge in [0.05, 0.1) is 12.7 Å². The fourth-order valence-electron chi connectivity index (χ4n) is 3.57. The number of methoxy groups -OCH3 is 1. The summed E-state index contributed by atoms with van der Waals surface area (Å²) in [7, 11) is 1.58. The number of nitrogens with one attached hydrogen (secondary N) is 1. The molecular weight excluding hydrogens is 383 g/mol. The molecule has 0 bridgehead atoms. The number of carbonyl (C=O) groups is 1. The zero-order valence-electron chi connectivity index (χ0n) is 15.8. The lowest BCUT2D eigenvalue weighted by Crippen LogP contribution is -2.48. The van der Waals surface area contributed by atoms with Gasteiger partial charge in [0.2, 0.25) is 0 Å². The molecule has 2 aromatic carbocycles. The van der Waals surface area contributed by atoms with Crippen LogP contribution in [0.5, 0.6) is 5.75 Å². The number of hydrogen-bond donors (Lipinski definition) is 1. The summed E-state index contributed by atoms with van der Waals surface area (Å²) in [4.78, 5) is 19.6. The van der Waals surface area contributed by atoms with Crippen LogP contribution < -0.4 is 9.64 Å². The molecule has 8 heteroatoms. The summed E-state index contributed by atoms with van der Waals surface area (Å²) in [5.74, 6) is 0.580. The van der Waals surface area contributed by atoms with Crippen LogP contribution in [0.4, 0.5) is 18.9 Å². The van der Waals surface area contributed by atoms with E-state index >= 15 is 0 Å². The third kappa shape index (κ3) is 3.87. The first kappa shape index (κ1) is 19.2. The van der Waals surface area contributed by atoms with Gasteiger partial charge < -0.3 is 19.5 Å². The molecule has 1 amide bonds. The number of ether oxygens (including phenoxy) is 1. The quantitative estimate of drug-likeness (QED) is 0.715. The van der Waals surface area contributed by atoms with Crippen LogP contribution in [0.3, 0.4) is 0 Å². The molecule has 1 aliphatic rings. The van der Waals surface area contributed by atoms with Crippen molar-refractivity contribution in [1.82, 2.24) is 9.88 Å². The average Bonchev–Trinajstić information content (AvgIpc) is 3.16. The molecule has 0 radical (unpaired) electrons. The van der Waals surface area contributed by atoms with Gasteiger partial charge in [0.25, 0.3) is 5.91 Å². The molecule has 0 unspecified atom stereocenters. The van der Waals surface area contributed by atoms with Gasteiger partial charge in [-0.15, -0.1) is 0 Å². The maximum atomic E-state index is 12.9. The Balaban J connectivity index is 1.45. The molecule has 0 aliphatic carbocycles. The van der Waals surface area contributed by atoms with E-state index in [0.29, 0.717) is 43.3 Å².